The Balaban J connectivity index is 2.01. The number of pyridine rings is 1. The molecule has 0 radical (unpaired) electrons. The molecular weight excluding hydrogens is 330 g/mol. The second-order valence-electron chi connectivity index (χ2n) is 7.13. The van der Waals surface area contributed by atoms with Crippen molar-refractivity contribution >= 4 is 5.90 Å². The Morgan fingerprint density at radius 3 is 2.62 bits per heavy atom. The fraction of sp³-hybridized carbons (Fsp3) is 0.526. The average Bonchev–Trinajstić information content (AvgIpc) is 2.81. The van der Waals surface area contributed by atoms with Crippen LogP contribution in [0.5, 0.6) is 0 Å². The van der Waals surface area contributed by atoms with Crippen LogP contribution in [0, 0.1) is 56.2 Å². The van der Waals surface area contributed by atoms with E-state index in [1.165, 1.54) is 6.20 Å². The number of nitrogens with one attached hydrogen (secondary N) is 1. The molecular formula is C19H17N5O2. The van der Waals surface area contributed by atoms with Gasteiger partial charge in [0.15, 0.2) is 5.41 Å². The van der Waals surface area contributed by atoms with E-state index in [4.69, 9.17) is 14.9 Å². The number of hydrogen-bond donors (Lipinski definition) is 1. The predicted molar refractivity (Wildman–Crippen MR) is 87.9 cm³/mol. The smallest absolute Gasteiger partial charge is 0.217 e. The monoisotopic (exact) mass is 347 g/mol. The molecule has 4 rings (SSSR count). The molecule has 1 aliphatic carbocycles. The number of rotatable bonds is 1. The molecule has 1 saturated carbocycles. The predicted octanol–water partition coefficient (Wildman–Crippen LogP) is 2.98. The summed E-state index contributed by atoms with van der Waals surface area (Å²) in [6.45, 7) is 0. The molecule has 2 saturated heterocycles. The van der Waals surface area contributed by atoms with Crippen molar-refractivity contribution in [1.82, 2.24) is 4.98 Å². The SMILES string of the molecule is N#CC1(C#N)[C@H](c2cccnc2)O[C@@]23CCCCC[C@H]2[C@]1(C#N)C(=N)O3. The maximum Gasteiger partial charge on any atom is 0.217 e. The summed E-state index contributed by atoms with van der Waals surface area (Å²) >= 11 is 0. The molecule has 0 aromatic carbocycles. The van der Waals surface area contributed by atoms with Crippen LogP contribution in [-0.4, -0.2) is 16.7 Å². The van der Waals surface area contributed by atoms with Gasteiger partial charge in [-0.25, -0.2) is 0 Å². The average molecular weight is 347 g/mol. The van der Waals surface area contributed by atoms with Crippen molar-refractivity contribution in [2.75, 3.05) is 0 Å². The lowest BCUT2D eigenvalue weighted by Crippen LogP contribution is -2.59. The van der Waals surface area contributed by atoms with Crippen molar-refractivity contribution in [3.8, 4) is 18.2 Å². The van der Waals surface area contributed by atoms with Crippen LogP contribution in [0.3, 0.4) is 0 Å². The molecule has 7 nitrogen and oxygen atoms in total. The minimum absolute atomic E-state index is 0.318. The Morgan fingerprint density at radius 2 is 1.96 bits per heavy atom. The molecule has 1 N–H and O–H groups in total. The summed E-state index contributed by atoms with van der Waals surface area (Å²) in [4.78, 5) is 4.08. The van der Waals surface area contributed by atoms with Gasteiger partial charge in [0.1, 0.15) is 6.10 Å². The molecule has 0 spiro atoms. The van der Waals surface area contributed by atoms with E-state index in [-0.39, 0.29) is 5.90 Å². The van der Waals surface area contributed by atoms with Crippen molar-refractivity contribution in [3.05, 3.63) is 30.1 Å². The van der Waals surface area contributed by atoms with Gasteiger partial charge in [-0.15, -0.1) is 0 Å². The summed E-state index contributed by atoms with van der Waals surface area (Å²) in [5, 5.41) is 38.8. The first-order valence-electron chi connectivity index (χ1n) is 8.70. The Hall–Kier alpha value is -2.95. The van der Waals surface area contributed by atoms with Gasteiger partial charge in [0.05, 0.1) is 24.1 Å². The summed E-state index contributed by atoms with van der Waals surface area (Å²) in [6.07, 6.45) is 5.89. The summed E-state index contributed by atoms with van der Waals surface area (Å²) in [5.41, 5.74) is -2.99. The highest BCUT2D eigenvalue weighted by Crippen LogP contribution is 2.68. The zero-order valence-electron chi connectivity index (χ0n) is 14.1. The minimum Gasteiger partial charge on any atom is -0.447 e. The van der Waals surface area contributed by atoms with E-state index in [1.54, 1.807) is 18.3 Å². The van der Waals surface area contributed by atoms with E-state index >= 15 is 0 Å². The number of aromatic nitrogens is 1. The van der Waals surface area contributed by atoms with Gasteiger partial charge in [-0.05, 0) is 18.9 Å². The number of nitrogens with zero attached hydrogens (tertiary/aromatic N) is 4. The minimum atomic E-state index is -1.88. The molecule has 3 heterocycles. The third-order valence-corrected chi connectivity index (χ3v) is 6.05. The molecule has 130 valence electrons. The highest BCUT2D eigenvalue weighted by molar-refractivity contribution is 5.89. The zero-order valence-corrected chi connectivity index (χ0v) is 14.1. The Morgan fingerprint density at radius 1 is 1.15 bits per heavy atom. The Bertz CT molecular complexity index is 866. The summed E-state index contributed by atoms with van der Waals surface area (Å²) in [7, 11) is 0. The van der Waals surface area contributed by atoms with Crippen molar-refractivity contribution in [2.24, 2.45) is 16.7 Å². The lowest BCUT2D eigenvalue weighted by atomic mass is 9.52. The van der Waals surface area contributed by atoms with Gasteiger partial charge in [0.2, 0.25) is 17.1 Å². The lowest BCUT2D eigenvalue weighted by molar-refractivity contribution is -0.285. The van der Waals surface area contributed by atoms with Crippen LogP contribution in [0.2, 0.25) is 0 Å². The lowest BCUT2D eigenvalue weighted by Gasteiger charge is -2.49. The van der Waals surface area contributed by atoms with Gasteiger partial charge in [-0.1, -0.05) is 18.9 Å². The molecule has 2 bridgehead atoms. The third-order valence-electron chi connectivity index (χ3n) is 6.05. The van der Waals surface area contributed by atoms with Gasteiger partial charge >= 0.3 is 0 Å². The molecule has 3 fully saturated rings. The fourth-order valence-electron chi connectivity index (χ4n) is 4.87. The molecule has 26 heavy (non-hydrogen) atoms. The van der Waals surface area contributed by atoms with Gasteiger partial charge in [-0.2, -0.15) is 15.8 Å². The van der Waals surface area contributed by atoms with Crippen molar-refractivity contribution in [3.63, 3.8) is 0 Å². The molecule has 0 amide bonds. The van der Waals surface area contributed by atoms with Crippen LogP contribution in [0.1, 0.15) is 43.8 Å². The van der Waals surface area contributed by atoms with Crippen LogP contribution in [-0.2, 0) is 9.47 Å². The normalized spacial score (nSPS) is 37.2. The van der Waals surface area contributed by atoms with E-state index in [1.807, 2.05) is 0 Å². The highest BCUT2D eigenvalue weighted by Gasteiger charge is 2.80. The first kappa shape index (κ1) is 16.5. The Labute approximate surface area is 151 Å². The van der Waals surface area contributed by atoms with Gasteiger partial charge in [0, 0.05) is 24.4 Å². The van der Waals surface area contributed by atoms with Crippen molar-refractivity contribution in [2.45, 2.75) is 44.0 Å². The standard InChI is InChI=1S/C19H17N5O2/c20-10-17(11-21)15(13-5-4-8-24-9-13)25-19-7-3-1-2-6-14(19)18(17,12-22)16(23)26-19/h4-5,8-9,14-15,23H,1-3,6-7H2/t14-,15-,18+,19+/m0/s1. The maximum atomic E-state index is 10.2. The topological polar surface area (TPSA) is 127 Å². The molecule has 4 atom stereocenters. The van der Waals surface area contributed by atoms with Gasteiger partial charge in [-0.3, -0.25) is 10.4 Å². The zero-order chi connectivity index (χ0) is 18.4. The van der Waals surface area contributed by atoms with E-state index in [2.05, 4.69) is 23.2 Å². The number of hydrogen-bond acceptors (Lipinski definition) is 7. The Kier molecular flexibility index (Phi) is 3.51. The first-order chi connectivity index (χ1) is 12.6. The summed E-state index contributed by atoms with van der Waals surface area (Å²) < 4.78 is 12.2. The van der Waals surface area contributed by atoms with Crippen LogP contribution < -0.4 is 0 Å². The molecule has 7 heteroatoms. The molecule has 0 unspecified atom stereocenters. The van der Waals surface area contributed by atoms with Crippen LogP contribution in [0.15, 0.2) is 24.5 Å². The summed E-state index contributed by atoms with van der Waals surface area (Å²) in [5.74, 6) is -1.97. The number of nitriles is 3. The molecule has 1 aromatic rings. The maximum absolute atomic E-state index is 10.2. The van der Waals surface area contributed by atoms with Crippen LogP contribution in [0.4, 0.5) is 0 Å². The van der Waals surface area contributed by atoms with E-state index in [0.717, 1.165) is 19.3 Å². The van der Waals surface area contributed by atoms with Crippen LogP contribution >= 0.6 is 0 Å². The van der Waals surface area contributed by atoms with Crippen molar-refractivity contribution in [1.29, 1.82) is 21.2 Å². The van der Waals surface area contributed by atoms with Gasteiger partial charge in [0.25, 0.3) is 0 Å². The first-order valence-corrected chi connectivity index (χ1v) is 8.70. The second kappa shape index (κ2) is 5.53. The molecule has 3 aliphatic rings. The summed E-state index contributed by atoms with van der Waals surface area (Å²) in [6, 6.07) is 9.72. The fourth-order valence-corrected chi connectivity index (χ4v) is 4.87. The van der Waals surface area contributed by atoms with Gasteiger partial charge < -0.3 is 9.47 Å². The second-order valence-corrected chi connectivity index (χ2v) is 7.13. The van der Waals surface area contributed by atoms with Crippen molar-refractivity contribution < 1.29 is 9.47 Å². The quantitative estimate of drug-likeness (QED) is 0.832. The van der Waals surface area contributed by atoms with E-state index in [0.29, 0.717) is 18.4 Å². The molecule has 2 aliphatic heterocycles. The van der Waals surface area contributed by atoms with Crippen LogP contribution in [0.25, 0.3) is 0 Å². The van der Waals surface area contributed by atoms with E-state index in [9.17, 15) is 15.8 Å². The largest absolute Gasteiger partial charge is 0.447 e. The molecule has 1 aromatic heterocycles. The highest BCUT2D eigenvalue weighted by atomic mass is 16.7. The third kappa shape index (κ3) is 1.72. The van der Waals surface area contributed by atoms with E-state index < -0.39 is 28.6 Å². The number of ether oxygens (including phenoxy) is 2.